The number of hydrogen-bond donors (Lipinski definition) is 0. The number of hydroxylamine groups is 2. The molecular weight excluding hydrogens is 166 g/mol. The Kier molecular flexibility index (Phi) is 1.78. The molecule has 2 fully saturated rings. The lowest BCUT2D eigenvalue weighted by atomic mass is 10.3. The van der Waals surface area contributed by atoms with Crippen LogP contribution >= 0.6 is 0 Å². The molecule has 4 nitrogen and oxygen atoms in total. The van der Waals surface area contributed by atoms with Crippen LogP contribution in [0.1, 0.15) is 0 Å². The van der Waals surface area contributed by atoms with Crippen molar-refractivity contribution in [3.63, 3.8) is 0 Å². The van der Waals surface area contributed by atoms with Crippen LogP contribution in [0.25, 0.3) is 0 Å². The summed E-state index contributed by atoms with van der Waals surface area (Å²) in [5, 5.41) is 1.33. The second-order valence-corrected chi connectivity index (χ2v) is 4.14. The number of carbonyl (C=O) groups excluding carboxylic acids is 1. The van der Waals surface area contributed by atoms with Crippen molar-refractivity contribution in [3.8, 4) is 0 Å². The minimum Gasteiger partial charge on any atom is -0.616 e. The highest BCUT2D eigenvalue weighted by molar-refractivity contribution is 7.92. The standard InChI is InChI=1S/C6H8NO3S/c8-6-1-2-10-7(6)5-3-11(9)4-5/h1,5H,2-4H2. The van der Waals surface area contributed by atoms with Gasteiger partial charge in [-0.2, -0.15) is 0 Å². The Morgan fingerprint density at radius 3 is 2.91 bits per heavy atom. The number of nitrogens with zero attached hydrogens (tertiary/aromatic N) is 1. The molecule has 0 unspecified atom stereocenters. The van der Waals surface area contributed by atoms with E-state index in [0.717, 1.165) is 0 Å². The Morgan fingerprint density at radius 2 is 2.45 bits per heavy atom. The van der Waals surface area contributed by atoms with E-state index in [2.05, 4.69) is 0 Å². The number of rotatable bonds is 1. The van der Waals surface area contributed by atoms with Gasteiger partial charge in [0.05, 0.1) is 13.0 Å². The molecule has 5 heteroatoms. The normalized spacial score (nSPS) is 37.5. The lowest BCUT2D eigenvalue weighted by molar-refractivity contribution is -0.170. The minimum atomic E-state index is -0.721. The van der Waals surface area contributed by atoms with Gasteiger partial charge in [-0.1, -0.05) is 0 Å². The van der Waals surface area contributed by atoms with Crippen molar-refractivity contribution in [1.29, 1.82) is 0 Å². The molecule has 0 saturated carbocycles. The Hall–Kier alpha value is -0.260. The van der Waals surface area contributed by atoms with Crippen molar-refractivity contribution in [2.75, 3.05) is 18.1 Å². The van der Waals surface area contributed by atoms with Crippen molar-refractivity contribution in [3.05, 3.63) is 6.42 Å². The molecule has 1 amide bonds. The minimum absolute atomic E-state index is 0.0575. The van der Waals surface area contributed by atoms with Crippen LogP contribution in [0.3, 0.4) is 0 Å². The van der Waals surface area contributed by atoms with E-state index in [1.807, 2.05) is 0 Å². The van der Waals surface area contributed by atoms with Crippen LogP contribution in [0.15, 0.2) is 0 Å². The van der Waals surface area contributed by atoms with Crippen LogP contribution in [-0.2, 0) is 20.8 Å². The van der Waals surface area contributed by atoms with E-state index in [4.69, 9.17) is 4.84 Å². The van der Waals surface area contributed by atoms with E-state index < -0.39 is 11.2 Å². The van der Waals surface area contributed by atoms with Gasteiger partial charge in [-0.3, -0.25) is 9.63 Å². The van der Waals surface area contributed by atoms with Gasteiger partial charge in [0.25, 0.3) is 5.91 Å². The number of carbonyl (C=O) groups is 1. The highest BCUT2D eigenvalue weighted by Crippen LogP contribution is 2.21. The molecule has 61 valence electrons. The number of hydrogen-bond acceptors (Lipinski definition) is 3. The first kappa shape index (κ1) is 7.39. The third-order valence-electron chi connectivity index (χ3n) is 1.78. The van der Waals surface area contributed by atoms with Crippen LogP contribution in [0.2, 0.25) is 0 Å². The van der Waals surface area contributed by atoms with Crippen LogP contribution < -0.4 is 0 Å². The summed E-state index contributed by atoms with van der Waals surface area (Å²) in [4.78, 5) is 16.0. The van der Waals surface area contributed by atoms with Crippen LogP contribution in [0, 0.1) is 6.42 Å². The van der Waals surface area contributed by atoms with E-state index >= 15 is 0 Å². The quantitative estimate of drug-likeness (QED) is 0.484. The lowest BCUT2D eigenvalue weighted by Gasteiger charge is -2.33. The Morgan fingerprint density at radius 1 is 1.73 bits per heavy atom. The fourth-order valence-corrected chi connectivity index (χ4v) is 2.18. The maximum atomic E-state index is 11.0. The fourth-order valence-electron chi connectivity index (χ4n) is 1.14. The van der Waals surface area contributed by atoms with Crippen molar-refractivity contribution >= 4 is 17.1 Å². The van der Waals surface area contributed by atoms with E-state index in [1.54, 1.807) is 0 Å². The topological polar surface area (TPSA) is 52.6 Å². The molecule has 2 rings (SSSR count). The average molecular weight is 174 g/mol. The monoisotopic (exact) mass is 174 g/mol. The SMILES string of the molecule is O=C1[CH]CON1C1C[S+]([O-])C1. The molecule has 0 aromatic carbocycles. The summed E-state index contributed by atoms with van der Waals surface area (Å²) in [6.45, 7) is 0.363. The van der Waals surface area contributed by atoms with Gasteiger partial charge in [0.1, 0.15) is 17.5 Å². The predicted octanol–water partition coefficient (Wildman–Crippen LogP) is -0.905. The van der Waals surface area contributed by atoms with Gasteiger partial charge >= 0.3 is 0 Å². The maximum Gasteiger partial charge on any atom is 0.253 e. The number of amides is 1. The second-order valence-electron chi connectivity index (χ2n) is 2.59. The Labute approximate surface area is 67.6 Å². The summed E-state index contributed by atoms with van der Waals surface area (Å²) >= 11 is -0.721. The second kappa shape index (κ2) is 2.66. The molecule has 2 aliphatic rings. The Bertz CT molecular complexity index is 181. The molecule has 2 heterocycles. The average Bonchev–Trinajstić information content (AvgIpc) is 2.29. The van der Waals surface area contributed by atoms with Gasteiger partial charge in [-0.15, -0.1) is 0 Å². The smallest absolute Gasteiger partial charge is 0.253 e. The summed E-state index contributed by atoms with van der Waals surface area (Å²) in [7, 11) is 0. The van der Waals surface area contributed by atoms with E-state index in [0.29, 0.717) is 18.1 Å². The van der Waals surface area contributed by atoms with Gasteiger partial charge in [0.15, 0.2) is 0 Å². The zero-order valence-electron chi connectivity index (χ0n) is 5.86. The van der Waals surface area contributed by atoms with Crippen molar-refractivity contribution < 1.29 is 14.2 Å². The third kappa shape index (κ3) is 1.23. The first-order valence-corrected chi connectivity index (χ1v) is 4.90. The third-order valence-corrected chi connectivity index (χ3v) is 3.29. The van der Waals surface area contributed by atoms with E-state index in [9.17, 15) is 9.35 Å². The molecule has 0 aromatic heterocycles. The summed E-state index contributed by atoms with van der Waals surface area (Å²) < 4.78 is 10.7. The first-order valence-electron chi connectivity index (χ1n) is 3.41. The molecule has 0 aromatic rings. The summed E-state index contributed by atoms with van der Waals surface area (Å²) in [6, 6.07) is 0.0575. The van der Waals surface area contributed by atoms with Gasteiger partial charge in [0.2, 0.25) is 0 Å². The van der Waals surface area contributed by atoms with Crippen LogP contribution in [0.5, 0.6) is 0 Å². The zero-order chi connectivity index (χ0) is 7.84. The fraction of sp³-hybridized carbons (Fsp3) is 0.667. The summed E-state index contributed by atoms with van der Waals surface area (Å²) in [5.74, 6) is 1.05. The molecule has 0 atom stereocenters. The molecule has 0 N–H and O–H groups in total. The summed E-state index contributed by atoms with van der Waals surface area (Å²) in [5.41, 5.74) is 0. The molecule has 1 radical (unpaired) electrons. The first-order chi connectivity index (χ1) is 5.27. The maximum absolute atomic E-state index is 11.0. The van der Waals surface area contributed by atoms with Gasteiger partial charge in [-0.05, 0) is 11.2 Å². The van der Waals surface area contributed by atoms with Gasteiger partial charge in [0, 0.05) is 0 Å². The molecule has 2 aliphatic heterocycles. The Balaban J connectivity index is 1.90. The molecule has 0 bridgehead atoms. The molecule has 2 saturated heterocycles. The van der Waals surface area contributed by atoms with Crippen LogP contribution in [0.4, 0.5) is 0 Å². The van der Waals surface area contributed by atoms with Crippen molar-refractivity contribution in [2.24, 2.45) is 0 Å². The molecule has 11 heavy (non-hydrogen) atoms. The largest absolute Gasteiger partial charge is 0.616 e. The highest BCUT2D eigenvalue weighted by Gasteiger charge is 2.42. The van der Waals surface area contributed by atoms with Crippen LogP contribution in [-0.4, -0.2) is 39.7 Å². The van der Waals surface area contributed by atoms with Crippen molar-refractivity contribution in [2.45, 2.75) is 6.04 Å². The lowest BCUT2D eigenvalue weighted by Crippen LogP contribution is -2.53. The zero-order valence-corrected chi connectivity index (χ0v) is 6.67. The van der Waals surface area contributed by atoms with E-state index in [1.165, 1.54) is 11.5 Å². The highest BCUT2D eigenvalue weighted by atomic mass is 32.2. The summed E-state index contributed by atoms with van der Waals surface area (Å²) in [6.07, 6.45) is 1.49. The molecule has 0 aliphatic carbocycles. The van der Waals surface area contributed by atoms with Gasteiger partial charge in [-0.25, -0.2) is 5.06 Å². The molecule has 0 spiro atoms. The predicted molar refractivity (Wildman–Crippen MR) is 38.8 cm³/mol. The van der Waals surface area contributed by atoms with Crippen molar-refractivity contribution in [1.82, 2.24) is 5.06 Å². The van der Waals surface area contributed by atoms with E-state index in [-0.39, 0.29) is 11.9 Å². The molecular formula is C6H8NO3S. The van der Waals surface area contributed by atoms with Gasteiger partial charge < -0.3 is 4.55 Å².